The first-order chi connectivity index (χ1) is 18.4. The van der Waals surface area contributed by atoms with E-state index in [0.717, 1.165) is 57.2 Å². The SMILES string of the molecule is CCc1cc(CCCCNC(=O)c2ccc(NC(=O)c3ccc(Cl)cc3)cc2)c(C2CCNCC2)cc1O. The van der Waals surface area contributed by atoms with E-state index in [-0.39, 0.29) is 11.8 Å². The molecule has 1 aliphatic rings. The van der Waals surface area contributed by atoms with Crippen molar-refractivity contribution in [3.05, 3.63) is 93.5 Å². The number of aryl methyl sites for hydroxylation is 2. The molecule has 38 heavy (non-hydrogen) atoms. The number of piperidine rings is 1. The Morgan fingerprint density at radius 1 is 0.921 bits per heavy atom. The molecule has 1 heterocycles. The summed E-state index contributed by atoms with van der Waals surface area (Å²) in [5.74, 6) is 0.532. The van der Waals surface area contributed by atoms with Crippen molar-refractivity contribution in [2.75, 3.05) is 25.0 Å². The quantitative estimate of drug-likeness (QED) is 0.238. The normalized spacial score (nSPS) is 13.7. The molecule has 4 N–H and O–H groups in total. The second-order valence-corrected chi connectivity index (χ2v) is 10.2. The summed E-state index contributed by atoms with van der Waals surface area (Å²) in [6.45, 7) is 4.69. The van der Waals surface area contributed by atoms with Crippen LogP contribution in [0.25, 0.3) is 0 Å². The highest BCUT2D eigenvalue weighted by Crippen LogP contribution is 2.34. The van der Waals surface area contributed by atoms with Crippen LogP contribution < -0.4 is 16.0 Å². The van der Waals surface area contributed by atoms with E-state index in [1.54, 1.807) is 48.5 Å². The van der Waals surface area contributed by atoms with E-state index in [2.05, 4.69) is 28.9 Å². The number of hydrogen-bond acceptors (Lipinski definition) is 4. The van der Waals surface area contributed by atoms with E-state index in [0.29, 0.717) is 40.0 Å². The number of phenols is 1. The topological polar surface area (TPSA) is 90.5 Å². The lowest BCUT2D eigenvalue weighted by Gasteiger charge is -2.26. The summed E-state index contributed by atoms with van der Waals surface area (Å²) in [6, 6.07) is 17.7. The monoisotopic (exact) mass is 533 g/mol. The molecule has 7 heteroatoms. The summed E-state index contributed by atoms with van der Waals surface area (Å²) >= 11 is 5.88. The van der Waals surface area contributed by atoms with Gasteiger partial charge in [-0.15, -0.1) is 0 Å². The van der Waals surface area contributed by atoms with Crippen LogP contribution in [0.4, 0.5) is 5.69 Å². The molecule has 1 aliphatic heterocycles. The van der Waals surface area contributed by atoms with E-state index in [1.165, 1.54) is 11.1 Å². The highest BCUT2D eigenvalue weighted by molar-refractivity contribution is 6.30. The van der Waals surface area contributed by atoms with E-state index in [4.69, 9.17) is 11.6 Å². The number of carbonyl (C=O) groups is 2. The fourth-order valence-corrected chi connectivity index (χ4v) is 5.09. The van der Waals surface area contributed by atoms with E-state index >= 15 is 0 Å². The number of halogens is 1. The smallest absolute Gasteiger partial charge is 0.255 e. The molecule has 2 amide bonds. The minimum Gasteiger partial charge on any atom is -0.508 e. The van der Waals surface area contributed by atoms with Gasteiger partial charge in [0.15, 0.2) is 0 Å². The number of phenolic OH excluding ortho intramolecular Hbond substituents is 1. The van der Waals surface area contributed by atoms with Gasteiger partial charge in [0.25, 0.3) is 11.8 Å². The maximum atomic E-state index is 12.6. The maximum Gasteiger partial charge on any atom is 0.255 e. The van der Waals surface area contributed by atoms with E-state index in [9.17, 15) is 14.7 Å². The summed E-state index contributed by atoms with van der Waals surface area (Å²) < 4.78 is 0. The molecule has 3 aromatic carbocycles. The van der Waals surface area contributed by atoms with Crippen molar-refractivity contribution < 1.29 is 14.7 Å². The lowest BCUT2D eigenvalue weighted by molar-refractivity contribution is 0.0952. The highest BCUT2D eigenvalue weighted by atomic mass is 35.5. The molecule has 0 aliphatic carbocycles. The zero-order chi connectivity index (χ0) is 26.9. The van der Waals surface area contributed by atoms with Gasteiger partial charge in [0.2, 0.25) is 0 Å². The van der Waals surface area contributed by atoms with Gasteiger partial charge in [0.1, 0.15) is 5.75 Å². The molecule has 3 aromatic rings. The second-order valence-electron chi connectivity index (χ2n) is 9.81. The van der Waals surface area contributed by atoms with Crippen molar-refractivity contribution in [3.63, 3.8) is 0 Å². The zero-order valence-corrected chi connectivity index (χ0v) is 22.6. The molecule has 0 atom stereocenters. The van der Waals surface area contributed by atoms with Gasteiger partial charge in [-0.05, 0) is 129 Å². The third-order valence-corrected chi connectivity index (χ3v) is 7.42. The zero-order valence-electron chi connectivity index (χ0n) is 21.9. The lowest BCUT2D eigenvalue weighted by atomic mass is 9.84. The minimum atomic E-state index is -0.234. The number of nitrogens with one attached hydrogen (secondary N) is 3. The standard InChI is InChI=1S/C31H36ClN3O3/c1-2-21-19-25(28(20-29(21)36)22-14-17-33-18-15-22)5-3-4-16-34-30(37)23-8-12-27(13-9-23)35-31(38)24-6-10-26(32)11-7-24/h6-13,19-20,22,33,36H,2-5,14-18H2,1H3,(H,34,37)(H,35,38). The van der Waals surface area contributed by atoms with Crippen LogP contribution in [0.5, 0.6) is 5.75 Å². The summed E-state index contributed by atoms with van der Waals surface area (Å²) in [6.07, 6.45) is 5.77. The minimum absolute atomic E-state index is 0.131. The predicted octanol–water partition coefficient (Wildman–Crippen LogP) is 6.08. The number of hydrogen-bond donors (Lipinski definition) is 4. The van der Waals surface area contributed by atoms with Gasteiger partial charge in [-0.3, -0.25) is 9.59 Å². The average Bonchev–Trinajstić information content (AvgIpc) is 2.94. The van der Waals surface area contributed by atoms with Crippen LogP contribution in [-0.2, 0) is 12.8 Å². The summed E-state index contributed by atoms with van der Waals surface area (Å²) in [4.78, 5) is 25.0. The molecular formula is C31H36ClN3O3. The number of unbranched alkanes of at least 4 members (excludes halogenated alkanes) is 1. The summed E-state index contributed by atoms with van der Waals surface area (Å²) in [5, 5.41) is 20.3. The summed E-state index contributed by atoms with van der Waals surface area (Å²) in [5.41, 5.74) is 5.29. The Hall–Kier alpha value is -3.35. The molecule has 0 unspecified atom stereocenters. The molecule has 6 nitrogen and oxygen atoms in total. The van der Waals surface area contributed by atoms with Gasteiger partial charge in [0.05, 0.1) is 0 Å². The molecule has 1 saturated heterocycles. The largest absolute Gasteiger partial charge is 0.508 e. The Labute approximate surface area is 229 Å². The van der Waals surface area contributed by atoms with Crippen molar-refractivity contribution in [1.29, 1.82) is 0 Å². The number of rotatable bonds is 10. The Balaban J connectivity index is 1.25. The van der Waals surface area contributed by atoms with Gasteiger partial charge in [0, 0.05) is 28.4 Å². The van der Waals surface area contributed by atoms with Crippen molar-refractivity contribution in [1.82, 2.24) is 10.6 Å². The first-order valence-corrected chi connectivity index (χ1v) is 13.8. The third kappa shape index (κ3) is 7.36. The molecule has 0 aromatic heterocycles. The van der Waals surface area contributed by atoms with Crippen LogP contribution in [0.2, 0.25) is 5.02 Å². The Kier molecular flexibility index (Phi) is 9.79. The lowest BCUT2D eigenvalue weighted by Crippen LogP contribution is -2.27. The van der Waals surface area contributed by atoms with E-state index in [1.807, 2.05) is 6.07 Å². The predicted molar refractivity (Wildman–Crippen MR) is 153 cm³/mol. The molecular weight excluding hydrogens is 498 g/mol. The Morgan fingerprint density at radius 2 is 1.58 bits per heavy atom. The number of benzene rings is 3. The molecule has 0 spiro atoms. The van der Waals surface area contributed by atoms with E-state index < -0.39 is 0 Å². The number of anilines is 1. The first-order valence-electron chi connectivity index (χ1n) is 13.4. The first kappa shape index (κ1) is 27.7. The van der Waals surface area contributed by atoms with Gasteiger partial charge >= 0.3 is 0 Å². The van der Waals surface area contributed by atoms with Crippen molar-refractivity contribution >= 4 is 29.1 Å². The molecule has 0 saturated carbocycles. The fourth-order valence-electron chi connectivity index (χ4n) is 4.97. The molecule has 1 fully saturated rings. The van der Waals surface area contributed by atoms with Crippen LogP contribution in [0.3, 0.4) is 0 Å². The summed E-state index contributed by atoms with van der Waals surface area (Å²) in [7, 11) is 0. The maximum absolute atomic E-state index is 12.6. The molecule has 200 valence electrons. The van der Waals surface area contributed by atoms with Crippen molar-refractivity contribution in [3.8, 4) is 5.75 Å². The van der Waals surface area contributed by atoms with Gasteiger partial charge in [-0.25, -0.2) is 0 Å². The Bertz CT molecular complexity index is 1240. The highest BCUT2D eigenvalue weighted by Gasteiger charge is 2.20. The molecule has 4 rings (SSSR count). The van der Waals surface area contributed by atoms with Crippen molar-refractivity contribution in [2.24, 2.45) is 0 Å². The van der Waals surface area contributed by atoms with Gasteiger partial charge < -0.3 is 21.1 Å². The van der Waals surface area contributed by atoms with Crippen LogP contribution in [0.15, 0.2) is 60.7 Å². The third-order valence-electron chi connectivity index (χ3n) is 7.17. The van der Waals surface area contributed by atoms with Crippen LogP contribution >= 0.6 is 11.6 Å². The average molecular weight is 534 g/mol. The molecule has 0 radical (unpaired) electrons. The number of aromatic hydroxyl groups is 1. The second kappa shape index (κ2) is 13.4. The number of carbonyl (C=O) groups excluding carboxylic acids is 2. The Morgan fingerprint density at radius 3 is 2.26 bits per heavy atom. The van der Waals surface area contributed by atoms with Crippen molar-refractivity contribution in [2.45, 2.75) is 51.4 Å². The van der Waals surface area contributed by atoms with Crippen LogP contribution in [-0.4, -0.2) is 36.6 Å². The van der Waals surface area contributed by atoms with Gasteiger partial charge in [-0.2, -0.15) is 0 Å². The van der Waals surface area contributed by atoms with Crippen LogP contribution in [0.1, 0.15) is 75.9 Å². The number of amides is 2. The van der Waals surface area contributed by atoms with Crippen LogP contribution in [0, 0.1) is 0 Å². The molecule has 0 bridgehead atoms. The van der Waals surface area contributed by atoms with Gasteiger partial charge in [-0.1, -0.05) is 24.6 Å². The fraction of sp³-hybridized carbons (Fsp3) is 0.355.